The number of benzene rings is 1. The number of carbonyl (C=O) groups excluding carboxylic acids is 1. The molecule has 0 aliphatic heterocycles. The predicted octanol–water partition coefficient (Wildman–Crippen LogP) is 3.94. The zero-order chi connectivity index (χ0) is 22.7. The highest BCUT2D eigenvalue weighted by molar-refractivity contribution is 6.31. The largest absolute Gasteiger partial charge is 0.481 e. The van der Waals surface area contributed by atoms with Crippen LogP contribution in [0.5, 0.6) is 5.88 Å². The van der Waals surface area contributed by atoms with Gasteiger partial charge >= 0.3 is 6.03 Å². The number of nitrogens with zero attached hydrogens (tertiary/aromatic N) is 3. The molecule has 3 N–H and O–H groups in total. The number of amides is 2. The molecule has 1 atom stereocenters. The molecule has 0 radical (unpaired) electrons. The van der Waals surface area contributed by atoms with E-state index in [9.17, 15) is 14.3 Å². The molecule has 1 aromatic carbocycles. The maximum absolute atomic E-state index is 13.5. The fraction of sp³-hybridized carbons (Fsp3) is 0.318. The van der Waals surface area contributed by atoms with E-state index in [2.05, 4.69) is 20.5 Å². The molecule has 2 amide bonds. The minimum absolute atomic E-state index is 0.0862. The standard InChI is InChI=1S/C22H23ClFN5O3/c1-32-21-7-4-15(10-25-21)29(22(31)26-14-3-5-18(24)17(23)9-14)11-20-16-8-13(12-30)2-6-19(16)27-28-20/h3-5,7,9-10,13,30H,2,6,8,11-12H2,1H3,(H,26,31)(H,27,28). The van der Waals surface area contributed by atoms with E-state index in [1.165, 1.54) is 36.4 Å². The minimum atomic E-state index is -0.567. The molecular formula is C22H23ClFN5O3. The Balaban J connectivity index is 1.63. The Morgan fingerprint density at radius 1 is 1.41 bits per heavy atom. The van der Waals surface area contributed by atoms with Gasteiger partial charge in [-0.2, -0.15) is 5.10 Å². The first-order valence-electron chi connectivity index (χ1n) is 10.2. The summed E-state index contributed by atoms with van der Waals surface area (Å²) in [4.78, 5) is 18.9. The number of urea groups is 1. The van der Waals surface area contributed by atoms with E-state index in [-0.39, 0.29) is 24.1 Å². The predicted molar refractivity (Wildman–Crippen MR) is 119 cm³/mol. The van der Waals surface area contributed by atoms with Crippen molar-refractivity contribution in [3.05, 3.63) is 64.3 Å². The summed E-state index contributed by atoms with van der Waals surface area (Å²) in [5.41, 5.74) is 3.67. The van der Waals surface area contributed by atoms with Crippen molar-refractivity contribution in [2.75, 3.05) is 23.9 Å². The number of hydrogen-bond donors (Lipinski definition) is 3. The Hall–Kier alpha value is -3.17. The van der Waals surface area contributed by atoms with Crippen LogP contribution in [0.4, 0.5) is 20.6 Å². The second-order valence-electron chi connectivity index (χ2n) is 7.62. The summed E-state index contributed by atoms with van der Waals surface area (Å²) in [7, 11) is 1.51. The van der Waals surface area contributed by atoms with Gasteiger partial charge in [0.2, 0.25) is 5.88 Å². The summed E-state index contributed by atoms with van der Waals surface area (Å²) in [6.45, 7) is 0.292. The number of aryl methyl sites for hydroxylation is 1. The van der Waals surface area contributed by atoms with E-state index < -0.39 is 11.8 Å². The van der Waals surface area contributed by atoms with Crippen molar-refractivity contribution in [2.45, 2.75) is 25.8 Å². The van der Waals surface area contributed by atoms with E-state index in [4.69, 9.17) is 16.3 Å². The SMILES string of the molecule is COc1ccc(N(Cc2n[nH]c3c2CC(CO)CC3)C(=O)Nc2ccc(F)c(Cl)c2)cn1. The molecule has 32 heavy (non-hydrogen) atoms. The van der Waals surface area contributed by atoms with Crippen LogP contribution in [0.1, 0.15) is 23.4 Å². The molecular weight excluding hydrogens is 437 g/mol. The number of aliphatic hydroxyl groups excluding tert-OH is 1. The van der Waals surface area contributed by atoms with Crippen molar-refractivity contribution < 1.29 is 19.0 Å². The lowest BCUT2D eigenvalue weighted by molar-refractivity contribution is 0.213. The van der Waals surface area contributed by atoms with Gasteiger partial charge in [0.15, 0.2) is 0 Å². The van der Waals surface area contributed by atoms with Crippen LogP contribution in [-0.4, -0.2) is 40.0 Å². The number of aliphatic hydroxyl groups is 1. The lowest BCUT2D eigenvalue weighted by Gasteiger charge is -2.24. The molecule has 168 valence electrons. The number of aromatic amines is 1. The highest BCUT2D eigenvalue weighted by Crippen LogP contribution is 2.29. The number of ether oxygens (including phenoxy) is 1. The third-order valence-electron chi connectivity index (χ3n) is 5.56. The molecule has 1 aliphatic carbocycles. The van der Waals surface area contributed by atoms with Crippen LogP contribution in [0, 0.1) is 11.7 Å². The first kappa shape index (κ1) is 22.0. The van der Waals surface area contributed by atoms with Crippen LogP contribution in [0.3, 0.4) is 0 Å². The van der Waals surface area contributed by atoms with Crippen LogP contribution in [0.25, 0.3) is 0 Å². The Morgan fingerprint density at radius 3 is 2.94 bits per heavy atom. The van der Waals surface area contributed by atoms with Crippen molar-refractivity contribution in [1.29, 1.82) is 0 Å². The average molecular weight is 460 g/mol. The van der Waals surface area contributed by atoms with Gasteiger partial charge in [-0.25, -0.2) is 14.2 Å². The van der Waals surface area contributed by atoms with Crippen molar-refractivity contribution in [1.82, 2.24) is 15.2 Å². The van der Waals surface area contributed by atoms with Gasteiger partial charge in [-0.3, -0.25) is 10.00 Å². The second kappa shape index (κ2) is 9.54. The molecule has 0 bridgehead atoms. The molecule has 0 spiro atoms. The molecule has 2 heterocycles. The fourth-order valence-electron chi connectivity index (χ4n) is 3.77. The quantitative estimate of drug-likeness (QED) is 0.518. The molecule has 0 fully saturated rings. The molecule has 1 unspecified atom stereocenters. The number of methoxy groups -OCH3 is 1. The van der Waals surface area contributed by atoms with E-state index >= 15 is 0 Å². The van der Waals surface area contributed by atoms with E-state index in [1.54, 1.807) is 12.1 Å². The highest BCUT2D eigenvalue weighted by Gasteiger charge is 2.26. The van der Waals surface area contributed by atoms with Crippen molar-refractivity contribution in [3.63, 3.8) is 0 Å². The Labute approximate surface area is 189 Å². The topological polar surface area (TPSA) is 103 Å². The maximum Gasteiger partial charge on any atom is 0.326 e. The number of rotatable bonds is 6. The molecule has 4 rings (SSSR count). The summed E-state index contributed by atoms with van der Waals surface area (Å²) < 4.78 is 18.6. The highest BCUT2D eigenvalue weighted by atomic mass is 35.5. The number of pyridine rings is 1. The first-order chi connectivity index (χ1) is 15.5. The van der Waals surface area contributed by atoms with E-state index in [0.29, 0.717) is 23.7 Å². The summed E-state index contributed by atoms with van der Waals surface area (Å²) in [5.74, 6) is 0.0231. The Bertz CT molecular complexity index is 1110. The molecule has 3 aromatic rings. The Morgan fingerprint density at radius 2 is 2.25 bits per heavy atom. The lowest BCUT2D eigenvalue weighted by atomic mass is 9.87. The van der Waals surface area contributed by atoms with Crippen molar-refractivity contribution >= 4 is 29.0 Å². The second-order valence-corrected chi connectivity index (χ2v) is 8.03. The van der Waals surface area contributed by atoms with Gasteiger partial charge in [0.1, 0.15) is 5.82 Å². The van der Waals surface area contributed by atoms with Gasteiger partial charge in [-0.15, -0.1) is 0 Å². The number of nitrogens with one attached hydrogen (secondary N) is 2. The van der Waals surface area contributed by atoms with Gasteiger partial charge in [0, 0.05) is 24.1 Å². The molecule has 0 saturated heterocycles. The number of anilines is 2. The zero-order valence-corrected chi connectivity index (χ0v) is 18.2. The van der Waals surface area contributed by atoms with Gasteiger partial charge < -0.3 is 15.2 Å². The zero-order valence-electron chi connectivity index (χ0n) is 17.4. The summed E-state index contributed by atoms with van der Waals surface area (Å²) in [6, 6.07) is 6.90. The van der Waals surface area contributed by atoms with Crippen molar-refractivity contribution in [2.24, 2.45) is 5.92 Å². The fourth-order valence-corrected chi connectivity index (χ4v) is 3.95. The molecule has 1 aliphatic rings. The van der Waals surface area contributed by atoms with Crippen LogP contribution < -0.4 is 15.0 Å². The monoisotopic (exact) mass is 459 g/mol. The van der Waals surface area contributed by atoms with Gasteiger partial charge in [-0.05, 0) is 55.0 Å². The van der Waals surface area contributed by atoms with Crippen molar-refractivity contribution in [3.8, 4) is 5.88 Å². The van der Waals surface area contributed by atoms with Gasteiger partial charge in [0.25, 0.3) is 0 Å². The van der Waals surface area contributed by atoms with Crippen LogP contribution in [0.15, 0.2) is 36.5 Å². The molecule has 10 heteroatoms. The molecule has 2 aromatic heterocycles. The van der Waals surface area contributed by atoms with Gasteiger partial charge in [0.05, 0.1) is 36.3 Å². The lowest BCUT2D eigenvalue weighted by Crippen LogP contribution is -2.35. The van der Waals surface area contributed by atoms with Crippen LogP contribution in [0.2, 0.25) is 5.02 Å². The maximum atomic E-state index is 13.5. The average Bonchev–Trinajstić information content (AvgIpc) is 3.21. The first-order valence-corrected chi connectivity index (χ1v) is 10.6. The Kier molecular flexibility index (Phi) is 6.57. The third kappa shape index (κ3) is 4.68. The van der Waals surface area contributed by atoms with E-state index in [0.717, 1.165) is 29.8 Å². The van der Waals surface area contributed by atoms with Gasteiger partial charge in [-0.1, -0.05) is 11.6 Å². The number of H-pyrrole nitrogens is 1. The third-order valence-corrected chi connectivity index (χ3v) is 5.85. The number of carbonyl (C=O) groups is 1. The number of hydrogen-bond acceptors (Lipinski definition) is 5. The molecule has 8 nitrogen and oxygen atoms in total. The van der Waals surface area contributed by atoms with Crippen LogP contribution >= 0.6 is 11.6 Å². The van der Waals surface area contributed by atoms with Crippen LogP contribution in [-0.2, 0) is 19.4 Å². The normalized spacial score (nSPS) is 15.2. The van der Waals surface area contributed by atoms with E-state index in [1.807, 2.05) is 0 Å². The number of halogens is 2. The summed E-state index contributed by atoms with van der Waals surface area (Å²) >= 11 is 5.85. The summed E-state index contributed by atoms with van der Waals surface area (Å²) in [5, 5.41) is 19.7. The number of aromatic nitrogens is 3. The minimum Gasteiger partial charge on any atom is -0.481 e. The number of fused-ring (bicyclic) bond motifs is 1. The smallest absolute Gasteiger partial charge is 0.326 e. The molecule has 0 saturated carbocycles. The summed E-state index contributed by atoms with van der Waals surface area (Å²) in [6.07, 6.45) is 3.92.